The molecule has 3 rings (SSSR count). The number of nitrogens with zero attached hydrogens (tertiary/aromatic N) is 1. The Hall–Kier alpha value is -3.87. The van der Waals surface area contributed by atoms with Gasteiger partial charge in [-0.3, -0.25) is 9.59 Å². The van der Waals surface area contributed by atoms with Crippen molar-refractivity contribution < 1.29 is 14.7 Å². The van der Waals surface area contributed by atoms with Gasteiger partial charge in [0.15, 0.2) is 5.82 Å². The number of nitrogens with one attached hydrogen (secondary N) is 3. The fourth-order valence-corrected chi connectivity index (χ4v) is 2.42. The number of benzene rings is 2. The third-order valence-electron chi connectivity index (χ3n) is 3.63. The number of hydrogen-bond acceptors (Lipinski definition) is 5. The van der Waals surface area contributed by atoms with E-state index in [9.17, 15) is 14.7 Å². The van der Waals surface area contributed by atoms with Gasteiger partial charge in [0.05, 0.1) is 5.69 Å². The molecule has 0 unspecified atom stereocenters. The molecule has 136 valence electrons. The van der Waals surface area contributed by atoms with Gasteiger partial charge < -0.3 is 21.1 Å². The van der Waals surface area contributed by atoms with Gasteiger partial charge in [0.1, 0.15) is 5.75 Å². The molecule has 4 N–H and O–H groups in total. The zero-order valence-corrected chi connectivity index (χ0v) is 14.6. The van der Waals surface area contributed by atoms with Crippen molar-refractivity contribution in [2.45, 2.75) is 6.92 Å². The number of aromatic hydroxyl groups is 1. The van der Waals surface area contributed by atoms with Gasteiger partial charge in [-0.2, -0.15) is 0 Å². The summed E-state index contributed by atoms with van der Waals surface area (Å²) in [5, 5.41) is 17.9. The number of carbonyl (C=O) groups excluding carboxylic acids is 2. The molecular weight excluding hydrogens is 344 g/mol. The Morgan fingerprint density at radius 1 is 0.926 bits per heavy atom. The molecule has 27 heavy (non-hydrogen) atoms. The van der Waals surface area contributed by atoms with E-state index >= 15 is 0 Å². The van der Waals surface area contributed by atoms with E-state index in [2.05, 4.69) is 20.9 Å². The van der Waals surface area contributed by atoms with Crippen molar-refractivity contribution in [2.75, 3.05) is 16.0 Å². The first-order chi connectivity index (χ1) is 13.0. The van der Waals surface area contributed by atoms with E-state index < -0.39 is 0 Å². The fourth-order valence-electron chi connectivity index (χ4n) is 2.42. The summed E-state index contributed by atoms with van der Waals surface area (Å²) in [4.78, 5) is 28.0. The van der Waals surface area contributed by atoms with E-state index in [1.54, 1.807) is 66.9 Å². The summed E-state index contributed by atoms with van der Waals surface area (Å²) < 4.78 is 0. The van der Waals surface area contributed by atoms with Gasteiger partial charge in [0, 0.05) is 30.1 Å². The van der Waals surface area contributed by atoms with Crippen LogP contribution in [0.15, 0.2) is 66.9 Å². The molecule has 2 amide bonds. The summed E-state index contributed by atoms with van der Waals surface area (Å²) in [5.74, 6) is 0.0906. The Morgan fingerprint density at radius 3 is 2.44 bits per heavy atom. The topological polar surface area (TPSA) is 103 Å². The monoisotopic (exact) mass is 362 g/mol. The van der Waals surface area contributed by atoms with Crippen LogP contribution in [0.25, 0.3) is 0 Å². The van der Waals surface area contributed by atoms with Crippen molar-refractivity contribution in [2.24, 2.45) is 0 Å². The molecule has 0 spiro atoms. The number of aromatic nitrogens is 1. The molecule has 1 heterocycles. The summed E-state index contributed by atoms with van der Waals surface area (Å²) in [5.41, 5.74) is 2.17. The van der Waals surface area contributed by atoms with Gasteiger partial charge in [0.2, 0.25) is 5.91 Å². The van der Waals surface area contributed by atoms with Gasteiger partial charge in [-0.15, -0.1) is 0 Å². The highest BCUT2D eigenvalue weighted by Crippen LogP contribution is 2.24. The summed E-state index contributed by atoms with van der Waals surface area (Å²) >= 11 is 0. The van der Waals surface area contributed by atoms with E-state index in [0.29, 0.717) is 22.8 Å². The molecule has 0 saturated carbocycles. The van der Waals surface area contributed by atoms with E-state index in [4.69, 9.17) is 0 Å². The molecule has 3 aromatic rings. The fraction of sp³-hybridized carbons (Fsp3) is 0.0500. The lowest BCUT2D eigenvalue weighted by molar-refractivity contribution is -0.114. The lowest BCUT2D eigenvalue weighted by Gasteiger charge is -2.12. The molecule has 7 heteroatoms. The molecule has 0 fully saturated rings. The average Bonchev–Trinajstić information content (AvgIpc) is 2.65. The minimum absolute atomic E-state index is 0.161. The third-order valence-corrected chi connectivity index (χ3v) is 3.63. The molecule has 0 saturated heterocycles. The van der Waals surface area contributed by atoms with Gasteiger partial charge >= 0.3 is 0 Å². The van der Waals surface area contributed by atoms with Crippen LogP contribution in [0.2, 0.25) is 0 Å². The number of carbonyl (C=O) groups is 2. The largest absolute Gasteiger partial charge is 0.508 e. The molecule has 7 nitrogen and oxygen atoms in total. The molecule has 0 aliphatic carbocycles. The highest BCUT2D eigenvalue weighted by atomic mass is 16.3. The van der Waals surface area contributed by atoms with Gasteiger partial charge in [0.25, 0.3) is 5.91 Å². The average molecular weight is 362 g/mol. The lowest BCUT2D eigenvalue weighted by Crippen LogP contribution is -2.14. The van der Waals surface area contributed by atoms with Crippen molar-refractivity contribution in [3.05, 3.63) is 72.4 Å². The Balaban J connectivity index is 1.78. The van der Waals surface area contributed by atoms with Crippen LogP contribution in [0.5, 0.6) is 5.75 Å². The minimum Gasteiger partial charge on any atom is -0.508 e. The Morgan fingerprint density at radius 2 is 1.70 bits per heavy atom. The molecular formula is C20H18N4O3. The van der Waals surface area contributed by atoms with Gasteiger partial charge in [-0.1, -0.05) is 6.07 Å². The standard InChI is InChI=1S/C20H18N4O3/c1-13(25)22-16-5-2-4-14(12-16)20(27)24-18-6-3-11-21-19(18)23-15-7-9-17(26)10-8-15/h2-12,26H,1H3,(H,21,23)(H,22,25)(H,24,27). The molecule has 0 aliphatic heterocycles. The quantitative estimate of drug-likeness (QED) is 0.518. The minimum atomic E-state index is -0.330. The number of hydrogen-bond donors (Lipinski definition) is 4. The highest BCUT2D eigenvalue weighted by Gasteiger charge is 2.11. The number of phenolic OH excluding ortho intramolecular Hbond substituents is 1. The van der Waals surface area contributed by atoms with Crippen LogP contribution in [0, 0.1) is 0 Å². The smallest absolute Gasteiger partial charge is 0.255 e. The van der Waals surface area contributed by atoms with Crippen LogP contribution in [-0.4, -0.2) is 21.9 Å². The number of pyridine rings is 1. The molecule has 0 bridgehead atoms. The third kappa shape index (κ3) is 4.82. The number of anilines is 4. The van der Waals surface area contributed by atoms with Crippen LogP contribution >= 0.6 is 0 Å². The number of phenols is 1. The lowest BCUT2D eigenvalue weighted by atomic mass is 10.2. The first-order valence-corrected chi connectivity index (χ1v) is 8.21. The summed E-state index contributed by atoms with van der Waals surface area (Å²) in [6, 6.07) is 16.6. The van der Waals surface area contributed by atoms with E-state index in [0.717, 1.165) is 5.69 Å². The summed E-state index contributed by atoms with van der Waals surface area (Å²) in [6.45, 7) is 1.41. The van der Waals surface area contributed by atoms with Crippen LogP contribution < -0.4 is 16.0 Å². The Kier molecular flexibility index (Phi) is 5.32. The number of amides is 2. The van der Waals surface area contributed by atoms with Crippen molar-refractivity contribution in [3.63, 3.8) is 0 Å². The van der Waals surface area contributed by atoms with Crippen molar-refractivity contribution in [1.82, 2.24) is 4.98 Å². The maximum Gasteiger partial charge on any atom is 0.255 e. The van der Waals surface area contributed by atoms with Crippen molar-refractivity contribution in [1.29, 1.82) is 0 Å². The van der Waals surface area contributed by atoms with Crippen LogP contribution in [0.4, 0.5) is 22.9 Å². The number of rotatable bonds is 5. The molecule has 0 radical (unpaired) electrons. The molecule has 1 aromatic heterocycles. The zero-order chi connectivity index (χ0) is 19.2. The Bertz CT molecular complexity index is 971. The van der Waals surface area contributed by atoms with E-state index in [1.807, 2.05) is 0 Å². The molecule has 2 aromatic carbocycles. The summed E-state index contributed by atoms with van der Waals surface area (Å²) in [7, 11) is 0. The predicted molar refractivity (Wildman–Crippen MR) is 104 cm³/mol. The first kappa shape index (κ1) is 17.9. The first-order valence-electron chi connectivity index (χ1n) is 8.21. The van der Waals surface area contributed by atoms with Crippen molar-refractivity contribution >= 4 is 34.7 Å². The van der Waals surface area contributed by atoms with Gasteiger partial charge in [-0.25, -0.2) is 4.98 Å². The van der Waals surface area contributed by atoms with Crippen LogP contribution in [0.3, 0.4) is 0 Å². The predicted octanol–water partition coefficient (Wildman–Crippen LogP) is 3.74. The second-order valence-electron chi connectivity index (χ2n) is 5.79. The second kappa shape index (κ2) is 8.01. The maximum atomic E-state index is 12.6. The Labute approximate surface area is 156 Å². The van der Waals surface area contributed by atoms with E-state index in [1.165, 1.54) is 6.92 Å². The highest BCUT2D eigenvalue weighted by molar-refractivity contribution is 6.06. The second-order valence-corrected chi connectivity index (χ2v) is 5.79. The normalized spacial score (nSPS) is 10.1. The molecule has 0 aliphatic rings. The maximum absolute atomic E-state index is 12.6. The van der Waals surface area contributed by atoms with Gasteiger partial charge in [-0.05, 0) is 54.6 Å². The van der Waals surface area contributed by atoms with Crippen molar-refractivity contribution in [3.8, 4) is 5.75 Å². The summed E-state index contributed by atoms with van der Waals surface area (Å²) in [6.07, 6.45) is 1.61. The van der Waals surface area contributed by atoms with Crippen LogP contribution in [0.1, 0.15) is 17.3 Å². The zero-order valence-electron chi connectivity index (χ0n) is 14.6. The van der Waals surface area contributed by atoms with E-state index in [-0.39, 0.29) is 17.6 Å². The molecule has 0 atom stereocenters. The van der Waals surface area contributed by atoms with Crippen LogP contribution in [-0.2, 0) is 4.79 Å². The SMILES string of the molecule is CC(=O)Nc1cccc(C(=O)Nc2cccnc2Nc2ccc(O)cc2)c1.